The molecule has 0 saturated carbocycles. The van der Waals surface area contributed by atoms with Crippen molar-refractivity contribution >= 4 is 34.6 Å². The molecule has 0 radical (unpaired) electrons. The minimum Gasteiger partial charge on any atom is -0.493 e. The Labute approximate surface area is 182 Å². The van der Waals surface area contributed by atoms with Crippen LogP contribution in [-0.2, 0) is 11.2 Å². The number of likely N-dealkylation sites (N-methyl/N-ethyl adjacent to an activating group) is 1. The highest BCUT2D eigenvalue weighted by Crippen LogP contribution is 2.37. The van der Waals surface area contributed by atoms with Gasteiger partial charge in [-0.1, -0.05) is 24.3 Å². The summed E-state index contributed by atoms with van der Waals surface area (Å²) in [7, 11) is 3.37. The first kappa shape index (κ1) is 21.7. The number of thioether (sulfide) groups is 1. The topological polar surface area (TPSA) is 51.1 Å². The summed E-state index contributed by atoms with van der Waals surface area (Å²) in [6.07, 6.45) is 4.33. The average Bonchev–Trinajstić information content (AvgIpc) is 2.98. The Balaban J connectivity index is 1.99. The molecule has 0 spiro atoms. The number of benzene rings is 2. The van der Waals surface area contributed by atoms with Crippen LogP contribution < -0.4 is 9.47 Å². The van der Waals surface area contributed by atoms with E-state index in [2.05, 4.69) is 11.6 Å². The number of amides is 1. The number of carbonyl (C=O) groups is 1. The lowest BCUT2D eigenvalue weighted by atomic mass is 10.0. The normalized spacial score (nSPS) is 16.4. The molecule has 1 saturated heterocycles. The van der Waals surface area contributed by atoms with Crippen molar-refractivity contribution in [1.29, 1.82) is 0 Å². The van der Waals surface area contributed by atoms with E-state index in [0.29, 0.717) is 34.6 Å². The fourth-order valence-electron chi connectivity index (χ4n) is 3.16. The van der Waals surface area contributed by atoms with Crippen LogP contribution in [0.3, 0.4) is 0 Å². The van der Waals surface area contributed by atoms with Gasteiger partial charge in [0.05, 0.1) is 24.3 Å². The first-order valence-electron chi connectivity index (χ1n) is 9.75. The molecule has 5 nitrogen and oxygen atoms in total. The zero-order valence-corrected chi connectivity index (χ0v) is 18.6. The molecular formula is C24H26N2O3S. The van der Waals surface area contributed by atoms with Gasteiger partial charge < -0.3 is 9.47 Å². The summed E-state index contributed by atoms with van der Waals surface area (Å²) in [6.45, 7) is 8.28. The van der Waals surface area contributed by atoms with E-state index in [-0.39, 0.29) is 5.91 Å². The van der Waals surface area contributed by atoms with E-state index in [9.17, 15) is 4.79 Å². The zero-order valence-electron chi connectivity index (χ0n) is 17.8. The second kappa shape index (κ2) is 9.67. The Morgan fingerprint density at radius 3 is 2.70 bits per heavy atom. The van der Waals surface area contributed by atoms with Gasteiger partial charge in [0.25, 0.3) is 5.91 Å². The predicted molar refractivity (Wildman–Crippen MR) is 125 cm³/mol. The molecule has 1 aliphatic heterocycles. The van der Waals surface area contributed by atoms with Crippen LogP contribution in [0.4, 0.5) is 5.69 Å². The maximum atomic E-state index is 12.8. The van der Waals surface area contributed by atoms with Gasteiger partial charge in [-0.15, -0.1) is 6.58 Å². The molecule has 1 heterocycles. The number of hydrogen-bond donors (Lipinski definition) is 0. The Hall–Kier alpha value is -2.99. The molecule has 0 unspecified atom stereocenters. The van der Waals surface area contributed by atoms with Gasteiger partial charge in [-0.05, 0) is 67.4 Å². The molecule has 3 rings (SSSR count). The van der Waals surface area contributed by atoms with Gasteiger partial charge in [0.15, 0.2) is 16.7 Å². The van der Waals surface area contributed by atoms with Gasteiger partial charge in [-0.3, -0.25) is 9.69 Å². The van der Waals surface area contributed by atoms with E-state index in [1.54, 1.807) is 19.1 Å². The number of allylic oxidation sites excluding steroid dienone is 1. The Morgan fingerprint density at radius 2 is 2.03 bits per heavy atom. The number of nitrogens with zero attached hydrogens (tertiary/aromatic N) is 2. The number of methoxy groups -OCH3 is 1. The fraction of sp³-hybridized carbons (Fsp3) is 0.250. The Morgan fingerprint density at radius 1 is 1.27 bits per heavy atom. The van der Waals surface area contributed by atoms with Gasteiger partial charge in [-0.2, -0.15) is 0 Å². The summed E-state index contributed by atoms with van der Waals surface area (Å²) in [5.41, 5.74) is 3.76. The van der Waals surface area contributed by atoms with Crippen LogP contribution >= 0.6 is 11.8 Å². The number of carbonyl (C=O) groups excluding carboxylic acids is 1. The molecule has 156 valence electrons. The summed E-state index contributed by atoms with van der Waals surface area (Å²) >= 11 is 1.37. The van der Waals surface area contributed by atoms with Gasteiger partial charge in [0.1, 0.15) is 0 Å². The van der Waals surface area contributed by atoms with Crippen LogP contribution in [0.2, 0.25) is 0 Å². The van der Waals surface area contributed by atoms with Crippen molar-refractivity contribution in [3.8, 4) is 11.5 Å². The van der Waals surface area contributed by atoms with Gasteiger partial charge >= 0.3 is 0 Å². The van der Waals surface area contributed by atoms with Crippen molar-refractivity contribution in [2.75, 3.05) is 20.8 Å². The number of rotatable bonds is 7. The van der Waals surface area contributed by atoms with Crippen LogP contribution in [-0.4, -0.2) is 36.7 Å². The van der Waals surface area contributed by atoms with Crippen LogP contribution in [0.25, 0.3) is 6.08 Å². The Bertz CT molecular complexity index is 1030. The van der Waals surface area contributed by atoms with Crippen LogP contribution in [0.1, 0.15) is 23.6 Å². The summed E-state index contributed by atoms with van der Waals surface area (Å²) in [4.78, 5) is 19.7. The quantitative estimate of drug-likeness (QED) is 0.445. The van der Waals surface area contributed by atoms with E-state index >= 15 is 0 Å². The summed E-state index contributed by atoms with van der Waals surface area (Å²) in [5.74, 6) is 1.28. The van der Waals surface area contributed by atoms with E-state index in [4.69, 9.17) is 9.47 Å². The predicted octanol–water partition coefficient (Wildman–Crippen LogP) is 5.36. The number of aryl methyl sites for hydroxylation is 1. The third-order valence-corrected chi connectivity index (χ3v) is 5.72. The maximum Gasteiger partial charge on any atom is 0.266 e. The van der Waals surface area contributed by atoms with E-state index < -0.39 is 0 Å². The SMILES string of the molecule is C=CCc1cc(/C=C2/SC(=Nc3ccccc3C)N(C)C2=O)cc(OCC)c1OC. The lowest BCUT2D eigenvalue weighted by molar-refractivity contribution is -0.121. The molecule has 0 atom stereocenters. The lowest BCUT2D eigenvalue weighted by Gasteiger charge is -2.14. The van der Waals surface area contributed by atoms with Crippen molar-refractivity contribution in [2.24, 2.45) is 4.99 Å². The number of ether oxygens (including phenoxy) is 2. The second-order valence-electron chi connectivity index (χ2n) is 6.79. The van der Waals surface area contributed by atoms with Crippen LogP contribution in [0.15, 0.2) is 59.0 Å². The van der Waals surface area contributed by atoms with Gasteiger partial charge in [0, 0.05) is 12.6 Å². The highest BCUT2D eigenvalue weighted by Gasteiger charge is 2.30. The molecule has 30 heavy (non-hydrogen) atoms. The molecule has 0 bridgehead atoms. The van der Waals surface area contributed by atoms with Crippen LogP contribution in [0.5, 0.6) is 11.5 Å². The number of hydrogen-bond acceptors (Lipinski definition) is 5. The van der Waals surface area contributed by atoms with Crippen molar-refractivity contribution in [3.05, 3.63) is 70.6 Å². The smallest absolute Gasteiger partial charge is 0.266 e. The highest BCUT2D eigenvalue weighted by molar-refractivity contribution is 8.18. The van der Waals surface area contributed by atoms with Crippen molar-refractivity contribution in [2.45, 2.75) is 20.3 Å². The zero-order chi connectivity index (χ0) is 21.7. The summed E-state index contributed by atoms with van der Waals surface area (Å²) in [6, 6.07) is 11.8. The molecule has 6 heteroatoms. The molecule has 0 aliphatic carbocycles. The van der Waals surface area contributed by atoms with Gasteiger partial charge in [-0.25, -0.2) is 4.99 Å². The maximum absolute atomic E-state index is 12.8. The summed E-state index contributed by atoms with van der Waals surface area (Å²) < 4.78 is 11.3. The molecule has 1 amide bonds. The summed E-state index contributed by atoms with van der Waals surface area (Å²) in [5, 5.41) is 0.658. The molecular weight excluding hydrogens is 396 g/mol. The molecule has 2 aromatic carbocycles. The third kappa shape index (κ3) is 4.60. The minimum absolute atomic E-state index is 0.0774. The highest BCUT2D eigenvalue weighted by atomic mass is 32.2. The van der Waals surface area contributed by atoms with E-state index in [1.165, 1.54) is 11.8 Å². The number of amidine groups is 1. The second-order valence-corrected chi connectivity index (χ2v) is 7.80. The molecule has 0 N–H and O–H groups in total. The average molecular weight is 423 g/mol. The van der Waals surface area contributed by atoms with Crippen molar-refractivity contribution in [1.82, 2.24) is 4.90 Å². The number of para-hydroxylation sites is 1. The van der Waals surface area contributed by atoms with Crippen LogP contribution in [0, 0.1) is 6.92 Å². The molecule has 2 aromatic rings. The van der Waals surface area contributed by atoms with E-state index in [1.807, 2.05) is 62.4 Å². The first-order chi connectivity index (χ1) is 14.5. The monoisotopic (exact) mass is 422 g/mol. The molecule has 1 aliphatic rings. The largest absolute Gasteiger partial charge is 0.493 e. The number of aliphatic imine (C=N–C) groups is 1. The molecule has 0 aromatic heterocycles. The third-order valence-electron chi connectivity index (χ3n) is 4.66. The first-order valence-corrected chi connectivity index (χ1v) is 10.6. The lowest BCUT2D eigenvalue weighted by Crippen LogP contribution is -2.23. The van der Waals surface area contributed by atoms with E-state index in [0.717, 1.165) is 22.4 Å². The fourth-order valence-corrected chi connectivity index (χ4v) is 4.14. The van der Waals surface area contributed by atoms with Crippen molar-refractivity contribution < 1.29 is 14.3 Å². The minimum atomic E-state index is -0.0774. The van der Waals surface area contributed by atoms with Gasteiger partial charge in [0.2, 0.25) is 0 Å². The molecule has 1 fully saturated rings. The Kier molecular flexibility index (Phi) is 7.00. The standard InChI is InChI=1S/C24H26N2O3S/c1-6-10-18-13-17(14-20(29-7-2)22(18)28-5)15-21-23(27)26(4)24(30-21)25-19-12-9-8-11-16(19)3/h6,8-9,11-15H,1,7,10H2,2-5H3/b21-15+,25-24?. The van der Waals surface area contributed by atoms with Crippen molar-refractivity contribution in [3.63, 3.8) is 0 Å².